The third kappa shape index (κ3) is 1.60. The summed E-state index contributed by atoms with van der Waals surface area (Å²) in [6.07, 6.45) is 1.65. The largest absolute Gasteiger partial charge is 0.392 e. The summed E-state index contributed by atoms with van der Waals surface area (Å²) in [5.41, 5.74) is 2.52. The molecule has 0 saturated heterocycles. The van der Waals surface area contributed by atoms with E-state index in [0.717, 1.165) is 22.0 Å². The summed E-state index contributed by atoms with van der Waals surface area (Å²) < 4.78 is 0. The number of benzene rings is 1. The second-order valence-electron chi connectivity index (χ2n) is 3.19. The zero-order valence-corrected chi connectivity index (χ0v) is 7.64. The first-order valence-corrected chi connectivity index (χ1v) is 4.43. The van der Waals surface area contributed by atoms with Gasteiger partial charge >= 0.3 is 0 Å². The van der Waals surface area contributed by atoms with Gasteiger partial charge in [-0.2, -0.15) is 0 Å². The van der Waals surface area contributed by atoms with E-state index < -0.39 is 0 Å². The molecular formula is C11H11NO2. The minimum Gasteiger partial charge on any atom is -0.392 e. The molecule has 0 aliphatic carbocycles. The SMILES string of the molecule is OCc1ccc2ncc(CO)cc2c1. The molecule has 14 heavy (non-hydrogen) atoms. The topological polar surface area (TPSA) is 53.4 Å². The molecule has 2 aromatic rings. The van der Waals surface area contributed by atoms with Crippen LogP contribution in [0.2, 0.25) is 0 Å². The predicted octanol–water partition coefficient (Wildman–Crippen LogP) is 1.22. The van der Waals surface area contributed by atoms with Gasteiger partial charge in [-0.25, -0.2) is 0 Å². The van der Waals surface area contributed by atoms with E-state index in [1.54, 1.807) is 6.20 Å². The summed E-state index contributed by atoms with van der Waals surface area (Å²) in [6.45, 7) is 0.0194. The Morgan fingerprint density at radius 2 is 1.71 bits per heavy atom. The van der Waals surface area contributed by atoms with Gasteiger partial charge in [-0.1, -0.05) is 6.07 Å². The van der Waals surface area contributed by atoms with Gasteiger partial charge < -0.3 is 10.2 Å². The van der Waals surface area contributed by atoms with Gasteiger partial charge in [-0.15, -0.1) is 0 Å². The maximum Gasteiger partial charge on any atom is 0.0702 e. The summed E-state index contributed by atoms with van der Waals surface area (Å²) in [7, 11) is 0. The molecule has 2 N–H and O–H groups in total. The molecule has 3 heteroatoms. The van der Waals surface area contributed by atoms with Crippen LogP contribution in [0.3, 0.4) is 0 Å². The zero-order valence-electron chi connectivity index (χ0n) is 7.64. The molecule has 0 aliphatic rings. The maximum absolute atomic E-state index is 8.95. The second kappa shape index (κ2) is 3.74. The van der Waals surface area contributed by atoms with Crippen molar-refractivity contribution in [2.24, 2.45) is 0 Å². The number of nitrogens with zero attached hydrogens (tertiary/aromatic N) is 1. The maximum atomic E-state index is 8.95. The Morgan fingerprint density at radius 1 is 1.00 bits per heavy atom. The van der Waals surface area contributed by atoms with Crippen molar-refractivity contribution in [1.29, 1.82) is 0 Å². The predicted molar refractivity (Wildman–Crippen MR) is 53.6 cm³/mol. The molecule has 0 saturated carbocycles. The normalized spacial score (nSPS) is 10.7. The van der Waals surface area contributed by atoms with E-state index in [4.69, 9.17) is 10.2 Å². The van der Waals surface area contributed by atoms with Gasteiger partial charge in [0.15, 0.2) is 0 Å². The van der Waals surface area contributed by atoms with Crippen LogP contribution in [-0.2, 0) is 13.2 Å². The summed E-state index contributed by atoms with van der Waals surface area (Å²) >= 11 is 0. The fourth-order valence-corrected chi connectivity index (χ4v) is 1.41. The van der Waals surface area contributed by atoms with Crippen LogP contribution < -0.4 is 0 Å². The van der Waals surface area contributed by atoms with Crippen molar-refractivity contribution in [2.45, 2.75) is 13.2 Å². The van der Waals surface area contributed by atoms with Gasteiger partial charge in [-0.05, 0) is 29.3 Å². The molecule has 72 valence electrons. The fraction of sp³-hybridized carbons (Fsp3) is 0.182. The summed E-state index contributed by atoms with van der Waals surface area (Å²) in [5.74, 6) is 0. The summed E-state index contributed by atoms with van der Waals surface area (Å²) in [6, 6.07) is 7.46. The molecule has 1 aromatic carbocycles. The molecule has 3 nitrogen and oxygen atoms in total. The van der Waals surface area contributed by atoms with Gasteiger partial charge in [0.25, 0.3) is 0 Å². The van der Waals surface area contributed by atoms with Crippen molar-refractivity contribution in [2.75, 3.05) is 0 Å². The first-order chi connectivity index (χ1) is 6.83. The Kier molecular flexibility index (Phi) is 2.43. The van der Waals surface area contributed by atoms with Gasteiger partial charge in [-0.3, -0.25) is 4.98 Å². The van der Waals surface area contributed by atoms with Crippen molar-refractivity contribution in [3.8, 4) is 0 Å². The summed E-state index contributed by atoms with van der Waals surface area (Å²) in [5, 5.41) is 18.8. The highest BCUT2D eigenvalue weighted by atomic mass is 16.3. The molecule has 0 unspecified atom stereocenters. The Bertz CT molecular complexity index is 415. The Hall–Kier alpha value is -1.45. The molecule has 2 rings (SSSR count). The first kappa shape index (κ1) is 9.12. The number of aromatic nitrogens is 1. The standard InChI is InChI=1S/C11H11NO2/c13-6-8-1-2-11-10(3-8)4-9(7-14)5-12-11/h1-5,13-14H,6-7H2. The Balaban J connectivity index is 2.60. The quantitative estimate of drug-likeness (QED) is 0.746. The number of aliphatic hydroxyl groups is 2. The number of rotatable bonds is 2. The monoisotopic (exact) mass is 189 g/mol. The van der Waals surface area contributed by atoms with Crippen LogP contribution in [0.4, 0.5) is 0 Å². The van der Waals surface area contributed by atoms with E-state index in [1.807, 2.05) is 24.3 Å². The molecule has 0 spiro atoms. The van der Waals surface area contributed by atoms with Gasteiger partial charge in [0.1, 0.15) is 0 Å². The number of pyridine rings is 1. The lowest BCUT2D eigenvalue weighted by atomic mass is 10.1. The molecule has 0 atom stereocenters. The molecule has 0 fully saturated rings. The first-order valence-electron chi connectivity index (χ1n) is 4.43. The lowest BCUT2D eigenvalue weighted by molar-refractivity contribution is 0.281. The average Bonchev–Trinajstić information content (AvgIpc) is 2.27. The third-order valence-corrected chi connectivity index (χ3v) is 2.17. The van der Waals surface area contributed by atoms with Crippen LogP contribution >= 0.6 is 0 Å². The van der Waals surface area contributed by atoms with Crippen LogP contribution in [0, 0.1) is 0 Å². The summed E-state index contributed by atoms with van der Waals surface area (Å²) in [4.78, 5) is 4.19. The van der Waals surface area contributed by atoms with Crippen LogP contribution in [0.25, 0.3) is 10.9 Å². The molecule has 0 aliphatic heterocycles. The zero-order chi connectivity index (χ0) is 9.97. The number of hydrogen-bond acceptors (Lipinski definition) is 3. The molecule has 0 radical (unpaired) electrons. The van der Waals surface area contributed by atoms with Crippen molar-refractivity contribution in [3.63, 3.8) is 0 Å². The fourth-order valence-electron chi connectivity index (χ4n) is 1.41. The Labute approximate surface area is 81.7 Å². The number of fused-ring (bicyclic) bond motifs is 1. The lowest BCUT2D eigenvalue weighted by Gasteiger charge is -2.01. The minimum absolute atomic E-state index is 0.00765. The highest BCUT2D eigenvalue weighted by molar-refractivity contribution is 5.79. The molecule has 0 bridgehead atoms. The molecular weight excluding hydrogens is 178 g/mol. The third-order valence-electron chi connectivity index (χ3n) is 2.17. The Morgan fingerprint density at radius 3 is 2.43 bits per heavy atom. The van der Waals surface area contributed by atoms with Crippen LogP contribution in [0.5, 0.6) is 0 Å². The minimum atomic E-state index is -0.00765. The second-order valence-corrected chi connectivity index (χ2v) is 3.19. The smallest absolute Gasteiger partial charge is 0.0702 e. The van der Waals surface area contributed by atoms with E-state index in [2.05, 4.69) is 4.98 Å². The highest BCUT2D eigenvalue weighted by Crippen LogP contribution is 2.15. The highest BCUT2D eigenvalue weighted by Gasteiger charge is 1.98. The van der Waals surface area contributed by atoms with Gasteiger partial charge in [0.2, 0.25) is 0 Å². The molecule has 1 aromatic heterocycles. The van der Waals surface area contributed by atoms with E-state index in [9.17, 15) is 0 Å². The van der Waals surface area contributed by atoms with Crippen LogP contribution in [-0.4, -0.2) is 15.2 Å². The average molecular weight is 189 g/mol. The number of aliphatic hydroxyl groups excluding tert-OH is 2. The van der Waals surface area contributed by atoms with Gasteiger partial charge in [0.05, 0.1) is 18.7 Å². The lowest BCUT2D eigenvalue weighted by Crippen LogP contribution is -1.88. The van der Waals surface area contributed by atoms with Crippen molar-refractivity contribution in [1.82, 2.24) is 4.98 Å². The van der Waals surface area contributed by atoms with E-state index >= 15 is 0 Å². The van der Waals surface area contributed by atoms with E-state index in [1.165, 1.54) is 0 Å². The number of hydrogen-bond donors (Lipinski definition) is 2. The van der Waals surface area contributed by atoms with E-state index in [0.29, 0.717) is 0 Å². The van der Waals surface area contributed by atoms with Crippen LogP contribution in [0.15, 0.2) is 30.5 Å². The van der Waals surface area contributed by atoms with Crippen LogP contribution in [0.1, 0.15) is 11.1 Å². The van der Waals surface area contributed by atoms with Gasteiger partial charge in [0, 0.05) is 11.6 Å². The van der Waals surface area contributed by atoms with Crippen molar-refractivity contribution < 1.29 is 10.2 Å². The van der Waals surface area contributed by atoms with E-state index in [-0.39, 0.29) is 13.2 Å². The molecule has 0 amide bonds. The van der Waals surface area contributed by atoms with Crippen molar-refractivity contribution in [3.05, 3.63) is 41.6 Å². The van der Waals surface area contributed by atoms with Crippen molar-refractivity contribution >= 4 is 10.9 Å². The molecule has 1 heterocycles.